The first-order chi connectivity index (χ1) is 7.87. The van der Waals surface area contributed by atoms with Gasteiger partial charge in [-0.25, -0.2) is 13.6 Å². The zero-order chi connectivity index (χ0) is 12.9. The highest BCUT2D eigenvalue weighted by Gasteiger charge is 2.07. The van der Waals surface area contributed by atoms with Crippen molar-refractivity contribution in [2.24, 2.45) is 5.14 Å². The highest BCUT2D eigenvalue weighted by Crippen LogP contribution is 2.10. The molecule has 0 heterocycles. The van der Waals surface area contributed by atoms with Crippen LogP contribution in [0, 0.1) is 0 Å². The highest BCUT2D eigenvalue weighted by molar-refractivity contribution is 7.89. The van der Waals surface area contributed by atoms with Crippen molar-refractivity contribution in [3.05, 3.63) is 34.9 Å². The monoisotopic (exact) mass is 276 g/mol. The van der Waals surface area contributed by atoms with E-state index in [-0.39, 0.29) is 18.1 Å². The predicted octanol–water partition coefficient (Wildman–Crippen LogP) is 0.635. The number of benzene rings is 1. The smallest absolute Gasteiger partial charge is 0.221 e. The van der Waals surface area contributed by atoms with Gasteiger partial charge < -0.3 is 5.32 Å². The largest absolute Gasteiger partial charge is 0.352 e. The van der Waals surface area contributed by atoms with Crippen molar-refractivity contribution in [2.75, 3.05) is 5.75 Å². The van der Waals surface area contributed by atoms with Gasteiger partial charge in [0, 0.05) is 18.0 Å². The minimum Gasteiger partial charge on any atom is -0.352 e. The molecular weight excluding hydrogens is 264 g/mol. The summed E-state index contributed by atoms with van der Waals surface area (Å²) in [6.07, 6.45) is -0.139. The second-order valence-electron chi connectivity index (χ2n) is 3.52. The Labute approximate surface area is 105 Å². The molecule has 0 fully saturated rings. The van der Waals surface area contributed by atoms with E-state index in [1.165, 1.54) is 0 Å². The number of carbonyl (C=O) groups is 1. The fourth-order valence-corrected chi connectivity index (χ4v) is 1.85. The second kappa shape index (κ2) is 6.00. The number of primary sulfonamides is 1. The quantitative estimate of drug-likeness (QED) is 0.827. The van der Waals surface area contributed by atoms with Crippen LogP contribution in [-0.2, 0) is 21.4 Å². The molecule has 1 amide bonds. The van der Waals surface area contributed by atoms with Gasteiger partial charge in [-0.1, -0.05) is 23.7 Å². The third-order valence-corrected chi connectivity index (χ3v) is 3.00. The van der Waals surface area contributed by atoms with Crippen LogP contribution in [0.15, 0.2) is 24.3 Å². The summed E-state index contributed by atoms with van der Waals surface area (Å²) in [7, 11) is -3.59. The molecule has 0 aliphatic carbocycles. The molecule has 0 bridgehead atoms. The lowest BCUT2D eigenvalue weighted by atomic mass is 10.2. The molecule has 0 unspecified atom stereocenters. The summed E-state index contributed by atoms with van der Waals surface area (Å²) >= 11 is 5.77. The SMILES string of the molecule is NS(=O)(=O)CCC(=O)NCc1cccc(Cl)c1. The van der Waals surface area contributed by atoms with Crippen molar-refractivity contribution in [1.82, 2.24) is 5.32 Å². The number of rotatable bonds is 5. The molecule has 7 heteroatoms. The van der Waals surface area contributed by atoms with Crippen LogP contribution in [0.25, 0.3) is 0 Å². The van der Waals surface area contributed by atoms with E-state index in [1.807, 2.05) is 6.07 Å². The maximum Gasteiger partial charge on any atom is 0.221 e. The number of hydrogen-bond donors (Lipinski definition) is 2. The van der Waals surface area contributed by atoms with Crippen LogP contribution in [-0.4, -0.2) is 20.1 Å². The van der Waals surface area contributed by atoms with Crippen molar-refractivity contribution >= 4 is 27.5 Å². The van der Waals surface area contributed by atoms with Gasteiger partial charge in [-0.15, -0.1) is 0 Å². The number of amides is 1. The fraction of sp³-hybridized carbons (Fsp3) is 0.300. The van der Waals surface area contributed by atoms with Gasteiger partial charge in [-0.2, -0.15) is 0 Å². The molecule has 3 N–H and O–H groups in total. The van der Waals surface area contributed by atoms with Crippen LogP contribution < -0.4 is 10.5 Å². The molecule has 0 saturated heterocycles. The second-order valence-corrected chi connectivity index (χ2v) is 5.69. The number of nitrogens with two attached hydrogens (primary N) is 1. The number of hydrogen-bond acceptors (Lipinski definition) is 3. The van der Waals surface area contributed by atoms with E-state index in [4.69, 9.17) is 16.7 Å². The molecular formula is C10H13ClN2O3S. The van der Waals surface area contributed by atoms with E-state index in [2.05, 4.69) is 5.32 Å². The van der Waals surface area contributed by atoms with Crippen molar-refractivity contribution in [3.8, 4) is 0 Å². The lowest BCUT2D eigenvalue weighted by Gasteiger charge is -2.05. The number of sulfonamides is 1. The minimum atomic E-state index is -3.59. The Bertz CT molecular complexity index is 502. The topological polar surface area (TPSA) is 89.3 Å². The van der Waals surface area contributed by atoms with Gasteiger partial charge in [0.05, 0.1) is 5.75 Å². The first kappa shape index (κ1) is 14.0. The van der Waals surface area contributed by atoms with E-state index >= 15 is 0 Å². The lowest BCUT2D eigenvalue weighted by Crippen LogP contribution is -2.27. The Morgan fingerprint density at radius 1 is 1.41 bits per heavy atom. The summed E-state index contributed by atoms with van der Waals surface area (Å²) in [4.78, 5) is 11.3. The summed E-state index contributed by atoms with van der Waals surface area (Å²) in [5, 5.41) is 7.95. The average Bonchev–Trinajstić information content (AvgIpc) is 2.23. The normalized spacial score (nSPS) is 11.2. The molecule has 0 aromatic heterocycles. The van der Waals surface area contributed by atoms with E-state index in [0.717, 1.165) is 5.56 Å². The van der Waals surface area contributed by atoms with Crippen LogP contribution in [0.5, 0.6) is 0 Å². The molecule has 1 aromatic carbocycles. The summed E-state index contributed by atoms with van der Waals surface area (Å²) in [6.45, 7) is 0.310. The van der Waals surface area contributed by atoms with E-state index in [0.29, 0.717) is 11.6 Å². The lowest BCUT2D eigenvalue weighted by molar-refractivity contribution is -0.120. The van der Waals surface area contributed by atoms with Gasteiger partial charge >= 0.3 is 0 Å². The molecule has 5 nitrogen and oxygen atoms in total. The van der Waals surface area contributed by atoms with Crippen LogP contribution in [0.3, 0.4) is 0 Å². The van der Waals surface area contributed by atoms with Gasteiger partial charge in [0.15, 0.2) is 0 Å². The zero-order valence-corrected chi connectivity index (χ0v) is 10.6. The Balaban J connectivity index is 2.38. The van der Waals surface area contributed by atoms with Crippen LogP contribution in [0.4, 0.5) is 0 Å². The summed E-state index contributed by atoms with van der Waals surface area (Å²) < 4.78 is 21.3. The van der Waals surface area contributed by atoms with Crippen LogP contribution in [0.1, 0.15) is 12.0 Å². The standard InChI is InChI=1S/C10H13ClN2O3S/c11-9-3-1-2-8(6-9)7-13-10(14)4-5-17(12,15)16/h1-3,6H,4-5,7H2,(H,13,14)(H2,12,15,16). The van der Waals surface area contributed by atoms with Gasteiger partial charge in [0.1, 0.15) is 0 Å². The Kier molecular flexibility index (Phi) is 4.92. The average molecular weight is 277 g/mol. The molecule has 0 aliphatic heterocycles. The van der Waals surface area contributed by atoms with Gasteiger partial charge in [0.2, 0.25) is 15.9 Å². The summed E-state index contributed by atoms with van der Waals surface area (Å²) in [5.41, 5.74) is 0.849. The molecule has 0 aliphatic rings. The first-order valence-electron chi connectivity index (χ1n) is 4.88. The Morgan fingerprint density at radius 3 is 2.71 bits per heavy atom. The first-order valence-corrected chi connectivity index (χ1v) is 6.98. The Morgan fingerprint density at radius 2 is 2.12 bits per heavy atom. The van der Waals surface area contributed by atoms with Crippen LogP contribution >= 0.6 is 11.6 Å². The molecule has 1 aromatic rings. The predicted molar refractivity (Wildman–Crippen MR) is 65.9 cm³/mol. The van der Waals surface area contributed by atoms with Gasteiger partial charge in [-0.05, 0) is 17.7 Å². The van der Waals surface area contributed by atoms with Gasteiger partial charge in [0.25, 0.3) is 0 Å². The fourth-order valence-electron chi connectivity index (χ4n) is 1.17. The van der Waals surface area contributed by atoms with Crippen molar-refractivity contribution in [1.29, 1.82) is 0 Å². The van der Waals surface area contributed by atoms with Crippen molar-refractivity contribution < 1.29 is 13.2 Å². The van der Waals surface area contributed by atoms with Gasteiger partial charge in [-0.3, -0.25) is 4.79 Å². The van der Waals surface area contributed by atoms with E-state index in [9.17, 15) is 13.2 Å². The zero-order valence-electron chi connectivity index (χ0n) is 9.02. The summed E-state index contributed by atoms with van der Waals surface area (Å²) in [6, 6.07) is 7.04. The van der Waals surface area contributed by atoms with Crippen LogP contribution in [0.2, 0.25) is 5.02 Å². The molecule has 0 radical (unpaired) electrons. The molecule has 94 valence electrons. The maximum absolute atomic E-state index is 11.3. The highest BCUT2D eigenvalue weighted by atomic mass is 35.5. The van der Waals surface area contributed by atoms with E-state index in [1.54, 1.807) is 18.2 Å². The summed E-state index contributed by atoms with van der Waals surface area (Å²) in [5.74, 6) is -0.715. The minimum absolute atomic E-state index is 0.139. The molecule has 17 heavy (non-hydrogen) atoms. The number of nitrogens with one attached hydrogen (secondary N) is 1. The molecule has 0 saturated carbocycles. The third kappa shape index (κ3) is 6.25. The van der Waals surface area contributed by atoms with E-state index < -0.39 is 10.0 Å². The maximum atomic E-state index is 11.3. The molecule has 1 rings (SSSR count). The van der Waals surface area contributed by atoms with Crippen molar-refractivity contribution in [2.45, 2.75) is 13.0 Å². The molecule has 0 atom stereocenters. The number of carbonyl (C=O) groups excluding carboxylic acids is 1. The number of halogens is 1. The Hall–Kier alpha value is -1.11. The molecule has 0 spiro atoms. The third-order valence-electron chi connectivity index (χ3n) is 1.99. The van der Waals surface area contributed by atoms with Crippen molar-refractivity contribution in [3.63, 3.8) is 0 Å².